The maximum absolute atomic E-state index is 4.81. The van der Waals surface area contributed by atoms with Crippen LogP contribution in [0.1, 0.15) is 31.4 Å². The molecule has 0 aromatic carbocycles. The minimum atomic E-state index is 0.807. The van der Waals surface area contributed by atoms with E-state index in [4.69, 9.17) is 4.98 Å². The van der Waals surface area contributed by atoms with Crippen molar-refractivity contribution in [3.05, 3.63) is 5.69 Å². The van der Waals surface area contributed by atoms with Crippen LogP contribution in [0.3, 0.4) is 0 Å². The predicted octanol–water partition coefficient (Wildman–Crippen LogP) is 2.40. The fourth-order valence-electron chi connectivity index (χ4n) is 3.74. The number of aromatic nitrogens is 3. The highest BCUT2D eigenvalue weighted by Gasteiger charge is 2.27. The molecule has 0 radical (unpaired) electrons. The summed E-state index contributed by atoms with van der Waals surface area (Å²) in [5, 5.41) is 5.62. The van der Waals surface area contributed by atoms with Crippen molar-refractivity contribution in [2.24, 2.45) is 7.05 Å². The van der Waals surface area contributed by atoms with E-state index in [1.807, 2.05) is 11.7 Å². The first kappa shape index (κ1) is 13.5. The van der Waals surface area contributed by atoms with Gasteiger partial charge in [-0.2, -0.15) is 5.10 Å². The Morgan fingerprint density at radius 1 is 1.10 bits per heavy atom. The lowest BCUT2D eigenvalue weighted by Gasteiger charge is -2.36. The largest absolute Gasteiger partial charge is 0.348 e. The fraction of sp³-hybridized carbons (Fsp3) is 0.733. The third-order valence-electron chi connectivity index (χ3n) is 4.93. The molecular formula is C15H23N5S. The molecule has 0 amide bonds. The summed E-state index contributed by atoms with van der Waals surface area (Å²) >= 11 is 1.80. The number of thiazole rings is 1. The van der Waals surface area contributed by atoms with Crippen molar-refractivity contribution in [1.29, 1.82) is 0 Å². The second-order valence-corrected chi connectivity index (χ2v) is 7.30. The van der Waals surface area contributed by atoms with Gasteiger partial charge < -0.3 is 9.80 Å². The van der Waals surface area contributed by atoms with E-state index in [-0.39, 0.29) is 0 Å². The number of piperidine rings is 1. The molecule has 6 heteroatoms. The van der Waals surface area contributed by atoms with Crippen LogP contribution in [0.15, 0.2) is 0 Å². The summed E-state index contributed by atoms with van der Waals surface area (Å²) in [6.45, 7) is 7.00. The van der Waals surface area contributed by atoms with Crippen molar-refractivity contribution in [1.82, 2.24) is 19.7 Å². The number of rotatable bonds is 2. The van der Waals surface area contributed by atoms with Gasteiger partial charge in [-0.1, -0.05) is 11.3 Å². The molecule has 2 aromatic heterocycles. The number of likely N-dealkylation sites (tertiary alicyclic amines) is 1. The highest BCUT2D eigenvalue weighted by atomic mass is 32.1. The molecule has 0 aliphatic carbocycles. The zero-order valence-electron chi connectivity index (χ0n) is 12.9. The van der Waals surface area contributed by atoms with Crippen molar-refractivity contribution >= 4 is 26.8 Å². The Bertz CT molecular complexity index is 597. The molecule has 2 aromatic rings. The minimum absolute atomic E-state index is 0.807. The van der Waals surface area contributed by atoms with Crippen LogP contribution in [0.2, 0.25) is 0 Å². The Hall–Kier alpha value is -1.14. The van der Waals surface area contributed by atoms with Crippen molar-refractivity contribution in [2.45, 2.75) is 38.6 Å². The van der Waals surface area contributed by atoms with Crippen LogP contribution in [0.5, 0.6) is 0 Å². The van der Waals surface area contributed by atoms with Gasteiger partial charge in [0.1, 0.15) is 0 Å². The zero-order chi connectivity index (χ0) is 14.4. The van der Waals surface area contributed by atoms with Crippen LogP contribution >= 0.6 is 11.3 Å². The summed E-state index contributed by atoms with van der Waals surface area (Å²) < 4.78 is 3.15. The highest BCUT2D eigenvalue weighted by molar-refractivity contribution is 7.22. The van der Waals surface area contributed by atoms with Crippen molar-refractivity contribution in [3.8, 4) is 0 Å². The number of anilines is 1. The van der Waals surface area contributed by atoms with Gasteiger partial charge in [0.05, 0.1) is 10.4 Å². The summed E-state index contributed by atoms with van der Waals surface area (Å²) in [5.74, 6) is 0. The van der Waals surface area contributed by atoms with E-state index >= 15 is 0 Å². The highest BCUT2D eigenvalue weighted by Crippen LogP contribution is 2.33. The maximum atomic E-state index is 4.81. The Balaban J connectivity index is 1.48. The number of aryl methyl sites for hydroxylation is 2. The lowest BCUT2D eigenvalue weighted by atomic mass is 10.0. The van der Waals surface area contributed by atoms with Gasteiger partial charge in [0, 0.05) is 26.2 Å². The first-order chi connectivity index (χ1) is 10.2. The monoisotopic (exact) mass is 305 g/mol. The van der Waals surface area contributed by atoms with E-state index in [1.165, 1.54) is 48.6 Å². The number of hydrogen-bond acceptors (Lipinski definition) is 5. The van der Waals surface area contributed by atoms with Crippen LogP contribution in [0, 0.1) is 6.92 Å². The molecule has 21 heavy (non-hydrogen) atoms. The molecule has 4 rings (SSSR count). The van der Waals surface area contributed by atoms with Crippen LogP contribution < -0.4 is 4.90 Å². The van der Waals surface area contributed by atoms with Crippen LogP contribution in [-0.4, -0.2) is 51.9 Å². The van der Waals surface area contributed by atoms with E-state index < -0.39 is 0 Å². The van der Waals surface area contributed by atoms with Gasteiger partial charge in [-0.3, -0.25) is 0 Å². The molecule has 2 aliphatic rings. The van der Waals surface area contributed by atoms with Crippen LogP contribution in [0.25, 0.3) is 10.3 Å². The average molecular weight is 305 g/mol. The van der Waals surface area contributed by atoms with E-state index in [1.54, 1.807) is 11.3 Å². The lowest BCUT2D eigenvalue weighted by Crippen LogP contribution is -2.43. The Morgan fingerprint density at radius 2 is 1.81 bits per heavy atom. The van der Waals surface area contributed by atoms with Crippen LogP contribution in [0.4, 0.5) is 5.13 Å². The molecule has 2 aliphatic heterocycles. The van der Waals surface area contributed by atoms with Gasteiger partial charge in [-0.05, 0) is 45.7 Å². The Labute approximate surface area is 129 Å². The molecule has 0 atom stereocenters. The standard InChI is InChI=1S/C15H23N5S/c1-11-13-14(18(2)17-11)16-15(21-13)20-9-5-12(6-10-20)19-7-3-4-8-19/h12H,3-10H2,1-2H3. The molecule has 114 valence electrons. The SMILES string of the molecule is Cc1nn(C)c2nc(N3CCC(N4CCCC4)CC3)sc12. The van der Waals surface area contributed by atoms with Crippen LogP contribution in [-0.2, 0) is 7.05 Å². The first-order valence-electron chi connectivity index (χ1n) is 8.01. The molecule has 2 saturated heterocycles. The zero-order valence-corrected chi connectivity index (χ0v) is 13.7. The molecule has 0 bridgehead atoms. The molecule has 0 spiro atoms. The van der Waals surface area contributed by atoms with Gasteiger partial charge in [-0.15, -0.1) is 0 Å². The molecule has 0 saturated carbocycles. The van der Waals surface area contributed by atoms with Crippen molar-refractivity contribution < 1.29 is 0 Å². The summed E-state index contributed by atoms with van der Waals surface area (Å²) in [6.07, 6.45) is 5.36. The van der Waals surface area contributed by atoms with E-state index in [0.29, 0.717) is 0 Å². The molecular weight excluding hydrogens is 282 g/mol. The number of nitrogens with zero attached hydrogens (tertiary/aromatic N) is 5. The Morgan fingerprint density at radius 3 is 2.48 bits per heavy atom. The first-order valence-corrected chi connectivity index (χ1v) is 8.83. The van der Waals surface area contributed by atoms with Crippen molar-refractivity contribution in [2.75, 3.05) is 31.1 Å². The van der Waals surface area contributed by atoms with Crippen molar-refractivity contribution in [3.63, 3.8) is 0 Å². The smallest absolute Gasteiger partial charge is 0.188 e. The summed E-state index contributed by atoms with van der Waals surface area (Å²) in [5.41, 5.74) is 2.14. The second-order valence-electron chi connectivity index (χ2n) is 6.32. The van der Waals surface area contributed by atoms with E-state index in [9.17, 15) is 0 Å². The summed E-state index contributed by atoms with van der Waals surface area (Å²) in [7, 11) is 1.98. The second kappa shape index (κ2) is 5.25. The number of fused-ring (bicyclic) bond motifs is 1. The van der Waals surface area contributed by atoms with Gasteiger partial charge in [-0.25, -0.2) is 9.67 Å². The van der Waals surface area contributed by atoms with E-state index in [0.717, 1.165) is 30.5 Å². The molecule has 5 nitrogen and oxygen atoms in total. The van der Waals surface area contributed by atoms with Gasteiger partial charge in [0.2, 0.25) is 0 Å². The molecule has 2 fully saturated rings. The third kappa shape index (κ3) is 2.34. The Kier molecular flexibility index (Phi) is 3.38. The van der Waals surface area contributed by atoms with Gasteiger partial charge in [0.15, 0.2) is 10.8 Å². The van der Waals surface area contributed by atoms with Gasteiger partial charge >= 0.3 is 0 Å². The van der Waals surface area contributed by atoms with Gasteiger partial charge in [0.25, 0.3) is 0 Å². The summed E-state index contributed by atoms with van der Waals surface area (Å²) in [6, 6.07) is 0.807. The van der Waals surface area contributed by atoms with E-state index in [2.05, 4.69) is 21.8 Å². The lowest BCUT2D eigenvalue weighted by molar-refractivity contribution is 0.208. The molecule has 0 N–H and O–H groups in total. The quantitative estimate of drug-likeness (QED) is 0.854. The normalized spacial score (nSPS) is 21.7. The molecule has 0 unspecified atom stereocenters. The topological polar surface area (TPSA) is 37.2 Å². The number of hydrogen-bond donors (Lipinski definition) is 0. The average Bonchev–Trinajstić information content (AvgIpc) is 3.20. The fourth-order valence-corrected chi connectivity index (χ4v) is 4.82. The predicted molar refractivity (Wildman–Crippen MR) is 87.2 cm³/mol. The molecule has 4 heterocycles. The third-order valence-corrected chi connectivity index (χ3v) is 6.14. The minimum Gasteiger partial charge on any atom is -0.348 e. The maximum Gasteiger partial charge on any atom is 0.188 e. The summed E-state index contributed by atoms with van der Waals surface area (Å²) in [4.78, 5) is 9.98.